The predicted octanol–water partition coefficient (Wildman–Crippen LogP) is 4.75. The zero-order valence-electron chi connectivity index (χ0n) is 21.2. The monoisotopic (exact) mass is 577 g/mol. The highest BCUT2D eigenvalue weighted by atomic mass is 35.5. The second-order valence-electron chi connectivity index (χ2n) is 8.32. The van der Waals surface area contributed by atoms with E-state index in [-0.39, 0.29) is 17.1 Å². The lowest BCUT2D eigenvalue weighted by atomic mass is 10.1. The summed E-state index contributed by atoms with van der Waals surface area (Å²) in [6.45, 7) is 2.99. The van der Waals surface area contributed by atoms with Crippen LogP contribution in [0.4, 0.5) is 5.69 Å². The summed E-state index contributed by atoms with van der Waals surface area (Å²) in [4.78, 5) is 27.9. The number of carbonyl (C=O) groups is 2. The molecule has 0 saturated heterocycles. The van der Waals surface area contributed by atoms with Gasteiger partial charge in [-0.3, -0.25) is 13.9 Å². The van der Waals surface area contributed by atoms with Crippen LogP contribution in [0.1, 0.15) is 19.4 Å². The van der Waals surface area contributed by atoms with Gasteiger partial charge in [0, 0.05) is 34.8 Å². The van der Waals surface area contributed by atoms with Crippen LogP contribution < -0.4 is 14.4 Å². The maximum absolute atomic E-state index is 13.9. The summed E-state index contributed by atoms with van der Waals surface area (Å²) < 4.78 is 33.8. The minimum absolute atomic E-state index is 0.00749. The van der Waals surface area contributed by atoms with E-state index >= 15 is 0 Å². The molecule has 0 bridgehead atoms. The maximum atomic E-state index is 13.9. The highest BCUT2D eigenvalue weighted by Crippen LogP contribution is 2.29. The second kappa shape index (κ2) is 13.0. The lowest BCUT2D eigenvalue weighted by Gasteiger charge is -2.32. The van der Waals surface area contributed by atoms with Crippen molar-refractivity contribution in [2.75, 3.05) is 24.5 Å². The van der Waals surface area contributed by atoms with Gasteiger partial charge >= 0.3 is 0 Å². The second-order valence-corrected chi connectivity index (χ2v) is 11.0. The quantitative estimate of drug-likeness (QED) is 0.354. The Labute approximate surface area is 233 Å². The molecule has 0 fully saturated rings. The number of halogens is 2. The summed E-state index contributed by atoms with van der Waals surface area (Å²) >= 11 is 12.7. The van der Waals surface area contributed by atoms with E-state index in [2.05, 4.69) is 5.32 Å². The number of hydrogen-bond acceptors (Lipinski definition) is 5. The molecule has 202 valence electrons. The molecule has 3 rings (SSSR count). The number of ether oxygens (including phenoxy) is 1. The number of likely N-dealkylation sites (N-methyl/N-ethyl adjacent to an activating group) is 1. The van der Waals surface area contributed by atoms with Gasteiger partial charge in [0.1, 0.15) is 18.3 Å². The summed E-state index contributed by atoms with van der Waals surface area (Å²) in [7, 11) is -2.71. The average Bonchev–Trinajstić information content (AvgIpc) is 2.91. The fraction of sp³-hybridized carbons (Fsp3) is 0.259. The van der Waals surface area contributed by atoms with Gasteiger partial charge in [0.25, 0.3) is 10.0 Å². The normalized spacial score (nSPS) is 11.9. The Hall–Kier alpha value is -3.27. The molecule has 0 unspecified atom stereocenters. The van der Waals surface area contributed by atoms with Crippen molar-refractivity contribution in [3.8, 4) is 5.75 Å². The van der Waals surface area contributed by atoms with Crippen molar-refractivity contribution in [1.82, 2.24) is 10.2 Å². The Morgan fingerprint density at radius 3 is 2.21 bits per heavy atom. The Kier molecular flexibility index (Phi) is 10.0. The largest absolute Gasteiger partial charge is 0.497 e. The zero-order chi connectivity index (χ0) is 27.9. The summed E-state index contributed by atoms with van der Waals surface area (Å²) in [6, 6.07) is 18.2. The van der Waals surface area contributed by atoms with Crippen LogP contribution in [0.5, 0.6) is 5.75 Å². The lowest BCUT2D eigenvalue weighted by molar-refractivity contribution is -0.139. The number of amides is 2. The van der Waals surface area contributed by atoms with Crippen molar-refractivity contribution in [3.05, 3.63) is 88.4 Å². The molecular weight excluding hydrogens is 549 g/mol. The molecule has 2 amide bonds. The Morgan fingerprint density at radius 2 is 1.61 bits per heavy atom. The molecule has 3 aromatic carbocycles. The van der Waals surface area contributed by atoms with E-state index in [1.165, 1.54) is 30.2 Å². The SMILES string of the molecule is CCNC(=O)[C@@H](C)N(Cc1c(Cl)cccc1Cl)C(=O)CN(c1cccc(OC)c1)S(=O)(=O)c1ccccc1. The summed E-state index contributed by atoms with van der Waals surface area (Å²) in [6.07, 6.45) is 0. The van der Waals surface area contributed by atoms with Crippen LogP contribution in [0, 0.1) is 0 Å². The van der Waals surface area contributed by atoms with Crippen LogP contribution in [-0.2, 0) is 26.2 Å². The number of carbonyl (C=O) groups excluding carboxylic acids is 2. The number of methoxy groups -OCH3 is 1. The standard InChI is InChI=1S/C27H29Cl2N3O5S/c1-4-30-27(34)19(2)31(17-23-24(28)14-9-15-25(23)29)26(33)18-32(20-10-8-11-21(16-20)37-3)38(35,36)22-12-6-5-7-13-22/h5-16,19H,4,17-18H2,1-3H3,(H,30,34)/t19-/m1/s1. The van der Waals surface area contributed by atoms with Crippen LogP contribution in [0.15, 0.2) is 77.7 Å². The first kappa shape index (κ1) is 29.3. The minimum Gasteiger partial charge on any atom is -0.497 e. The minimum atomic E-state index is -4.18. The molecule has 0 aliphatic heterocycles. The number of nitrogens with one attached hydrogen (secondary N) is 1. The molecule has 0 aliphatic carbocycles. The van der Waals surface area contributed by atoms with Gasteiger partial charge in [-0.15, -0.1) is 0 Å². The third-order valence-electron chi connectivity index (χ3n) is 5.86. The maximum Gasteiger partial charge on any atom is 0.264 e. The van der Waals surface area contributed by atoms with Crippen molar-refractivity contribution >= 4 is 50.7 Å². The zero-order valence-corrected chi connectivity index (χ0v) is 23.6. The first-order valence-corrected chi connectivity index (χ1v) is 14.0. The van der Waals surface area contributed by atoms with Gasteiger partial charge in [-0.2, -0.15) is 0 Å². The number of hydrogen-bond donors (Lipinski definition) is 1. The van der Waals surface area contributed by atoms with Gasteiger partial charge in [0.2, 0.25) is 11.8 Å². The number of benzene rings is 3. The summed E-state index contributed by atoms with van der Waals surface area (Å²) in [5, 5.41) is 3.34. The average molecular weight is 579 g/mol. The third-order valence-corrected chi connectivity index (χ3v) is 8.36. The van der Waals surface area contributed by atoms with Gasteiger partial charge in [-0.1, -0.05) is 53.5 Å². The molecule has 3 aromatic rings. The van der Waals surface area contributed by atoms with E-state index in [9.17, 15) is 18.0 Å². The molecule has 0 saturated carbocycles. The molecule has 0 radical (unpaired) electrons. The molecule has 0 heterocycles. The first-order chi connectivity index (χ1) is 18.1. The van der Waals surface area contributed by atoms with Gasteiger partial charge in [0.15, 0.2) is 0 Å². The molecule has 11 heteroatoms. The fourth-order valence-corrected chi connectivity index (χ4v) is 5.72. The smallest absolute Gasteiger partial charge is 0.264 e. The Bertz CT molecular complexity index is 1370. The van der Waals surface area contributed by atoms with Crippen LogP contribution in [0.2, 0.25) is 10.0 Å². The van der Waals surface area contributed by atoms with Crippen molar-refractivity contribution in [1.29, 1.82) is 0 Å². The van der Waals surface area contributed by atoms with Gasteiger partial charge < -0.3 is 15.0 Å². The predicted molar refractivity (Wildman–Crippen MR) is 149 cm³/mol. The topological polar surface area (TPSA) is 96.0 Å². The van der Waals surface area contributed by atoms with Crippen LogP contribution >= 0.6 is 23.2 Å². The summed E-state index contributed by atoms with van der Waals surface area (Å²) in [5.74, 6) is -0.608. The van der Waals surface area contributed by atoms with E-state index in [4.69, 9.17) is 27.9 Å². The summed E-state index contributed by atoms with van der Waals surface area (Å²) in [5.41, 5.74) is 0.669. The molecule has 0 aromatic heterocycles. The van der Waals surface area contributed by atoms with E-state index in [0.717, 1.165) is 4.31 Å². The molecule has 0 aliphatic rings. The number of rotatable bonds is 11. The van der Waals surface area contributed by atoms with Gasteiger partial charge in [-0.05, 0) is 50.2 Å². The van der Waals surface area contributed by atoms with Gasteiger partial charge in [0.05, 0.1) is 17.7 Å². The van der Waals surface area contributed by atoms with Crippen molar-refractivity contribution in [2.24, 2.45) is 0 Å². The third kappa shape index (κ3) is 6.78. The van der Waals surface area contributed by atoms with E-state index in [1.54, 1.807) is 68.4 Å². The Balaban J connectivity index is 2.07. The number of anilines is 1. The number of nitrogens with zero attached hydrogens (tertiary/aromatic N) is 2. The van der Waals surface area contributed by atoms with Gasteiger partial charge in [-0.25, -0.2) is 8.42 Å². The van der Waals surface area contributed by atoms with E-state index in [0.29, 0.717) is 27.9 Å². The van der Waals surface area contributed by atoms with Crippen molar-refractivity contribution in [3.63, 3.8) is 0 Å². The van der Waals surface area contributed by atoms with Crippen LogP contribution in [-0.4, -0.2) is 51.4 Å². The molecule has 0 spiro atoms. The molecule has 38 heavy (non-hydrogen) atoms. The fourth-order valence-electron chi connectivity index (χ4n) is 3.77. The lowest BCUT2D eigenvalue weighted by Crippen LogP contribution is -2.51. The molecular formula is C27H29Cl2N3O5S. The molecule has 8 nitrogen and oxygen atoms in total. The molecule has 1 atom stereocenters. The number of sulfonamides is 1. The van der Waals surface area contributed by atoms with E-state index in [1.807, 2.05) is 0 Å². The van der Waals surface area contributed by atoms with Crippen molar-refractivity contribution < 1.29 is 22.7 Å². The Morgan fingerprint density at radius 1 is 0.974 bits per heavy atom. The van der Waals surface area contributed by atoms with Crippen LogP contribution in [0.25, 0.3) is 0 Å². The highest BCUT2D eigenvalue weighted by molar-refractivity contribution is 7.92. The van der Waals surface area contributed by atoms with E-state index < -0.39 is 34.4 Å². The van der Waals surface area contributed by atoms with Crippen molar-refractivity contribution in [2.45, 2.75) is 31.3 Å². The molecule has 1 N–H and O–H groups in total. The first-order valence-electron chi connectivity index (χ1n) is 11.8. The van der Waals surface area contributed by atoms with Crippen LogP contribution in [0.3, 0.4) is 0 Å². The highest BCUT2D eigenvalue weighted by Gasteiger charge is 2.33.